The molecule has 0 atom stereocenters. The van der Waals surface area contributed by atoms with Crippen LogP contribution >= 0.6 is 0 Å². The molecule has 0 aliphatic carbocycles. The van der Waals surface area contributed by atoms with Crippen molar-refractivity contribution in [3.63, 3.8) is 0 Å². The number of hydrogen-bond acceptors (Lipinski definition) is 3. The highest BCUT2D eigenvalue weighted by molar-refractivity contribution is 6.03. The van der Waals surface area contributed by atoms with Crippen molar-refractivity contribution in [1.29, 1.82) is 0 Å². The van der Waals surface area contributed by atoms with Crippen molar-refractivity contribution < 1.29 is 0 Å². The summed E-state index contributed by atoms with van der Waals surface area (Å²) in [5.41, 5.74) is 19.6. The van der Waals surface area contributed by atoms with Crippen molar-refractivity contribution in [2.24, 2.45) is 5.73 Å². The van der Waals surface area contributed by atoms with Crippen molar-refractivity contribution in [1.82, 2.24) is 4.57 Å². The van der Waals surface area contributed by atoms with Gasteiger partial charge in [-0.05, 0) is 76.0 Å². The number of fused-ring (bicyclic) bond motifs is 1. The Morgan fingerprint density at radius 1 is 0.625 bits per heavy atom. The Morgan fingerprint density at radius 2 is 1.23 bits per heavy atom. The highest BCUT2D eigenvalue weighted by atomic mass is 15.0. The van der Waals surface area contributed by atoms with E-state index in [9.17, 15) is 0 Å². The molecule has 234 valence electrons. The molecule has 0 unspecified atom stereocenters. The Labute approximate surface area is 282 Å². The predicted molar refractivity (Wildman–Crippen MR) is 205 cm³/mol. The third-order valence-corrected chi connectivity index (χ3v) is 8.83. The molecule has 0 saturated heterocycles. The molecule has 0 fully saturated rings. The fourth-order valence-corrected chi connectivity index (χ4v) is 6.38. The summed E-state index contributed by atoms with van der Waals surface area (Å²) in [5, 5.41) is 8.42. The quantitative estimate of drug-likeness (QED) is 0.133. The fraction of sp³-hybridized carbons (Fsp3) is 0.0455. The van der Waals surface area contributed by atoms with E-state index >= 15 is 0 Å². The average molecular weight is 623 g/mol. The minimum Gasteiger partial charge on any atom is -0.405 e. The van der Waals surface area contributed by atoms with Gasteiger partial charge in [-0.2, -0.15) is 0 Å². The van der Waals surface area contributed by atoms with Gasteiger partial charge in [0.25, 0.3) is 0 Å². The van der Waals surface area contributed by atoms with E-state index in [2.05, 4.69) is 167 Å². The van der Waals surface area contributed by atoms with Crippen LogP contribution in [0, 0.1) is 0 Å². The van der Waals surface area contributed by atoms with Crippen molar-refractivity contribution in [3.8, 4) is 39.1 Å². The molecule has 1 heterocycles. The lowest BCUT2D eigenvalue weighted by Crippen LogP contribution is -2.06. The van der Waals surface area contributed by atoms with Crippen LogP contribution < -0.4 is 16.4 Å². The van der Waals surface area contributed by atoms with Crippen LogP contribution in [0.1, 0.15) is 5.56 Å². The monoisotopic (exact) mass is 622 g/mol. The highest BCUT2D eigenvalue weighted by Gasteiger charge is 2.15. The lowest BCUT2D eigenvalue weighted by Gasteiger charge is -2.18. The zero-order valence-corrected chi connectivity index (χ0v) is 27.0. The Kier molecular flexibility index (Phi) is 8.88. The minimum atomic E-state index is 0.633. The number of hydrogen-bond donors (Lipinski definition) is 3. The summed E-state index contributed by atoms with van der Waals surface area (Å²) in [5.74, 6) is 0. The molecule has 4 nitrogen and oxygen atoms in total. The summed E-state index contributed by atoms with van der Waals surface area (Å²) in [7, 11) is 2.00. The van der Waals surface area contributed by atoms with E-state index in [4.69, 9.17) is 5.73 Å². The fourth-order valence-electron chi connectivity index (χ4n) is 6.38. The smallest absolute Gasteiger partial charge is 0.0549 e. The van der Waals surface area contributed by atoms with Crippen molar-refractivity contribution in [3.05, 3.63) is 182 Å². The third-order valence-electron chi connectivity index (χ3n) is 8.83. The molecule has 4 heteroatoms. The maximum Gasteiger partial charge on any atom is 0.0549 e. The predicted octanol–water partition coefficient (Wildman–Crippen LogP) is 10.6. The standard InChI is InChI=1S/C44H38N4/c1-46-44-40(26-27-43-41(44)28-30-48(43)38-14-6-3-7-15-38)39-16-8-9-17-42(39)47-31-37(13-10-29-45)36-24-22-35(23-25-36)34-20-18-33(19-21-34)32-11-4-2-5-12-32/h2-30,46-47H,31,45H2,1H3/b29-10-,37-13+. The molecule has 48 heavy (non-hydrogen) atoms. The second kappa shape index (κ2) is 14.0. The van der Waals surface area contributed by atoms with E-state index in [0.717, 1.165) is 44.8 Å². The van der Waals surface area contributed by atoms with Crippen molar-refractivity contribution >= 4 is 27.9 Å². The second-order valence-corrected chi connectivity index (χ2v) is 11.7. The molecule has 6 aromatic carbocycles. The number of aromatic nitrogens is 1. The van der Waals surface area contributed by atoms with E-state index in [1.54, 1.807) is 6.20 Å². The molecule has 0 saturated carbocycles. The molecule has 0 bridgehead atoms. The van der Waals surface area contributed by atoms with Crippen LogP contribution in [0.25, 0.3) is 55.5 Å². The molecule has 0 amide bonds. The Hall–Kier alpha value is -6.26. The number of nitrogens with two attached hydrogens (primary N) is 1. The number of anilines is 2. The summed E-state index contributed by atoms with van der Waals surface area (Å²) >= 11 is 0. The van der Waals surface area contributed by atoms with Crippen LogP contribution in [-0.2, 0) is 0 Å². The molecule has 0 aliphatic rings. The van der Waals surface area contributed by atoms with Crippen LogP contribution in [0.2, 0.25) is 0 Å². The van der Waals surface area contributed by atoms with Gasteiger partial charge in [0, 0.05) is 47.7 Å². The summed E-state index contributed by atoms with van der Waals surface area (Å²) in [6, 6.07) is 53.6. The zero-order chi connectivity index (χ0) is 32.7. The van der Waals surface area contributed by atoms with Gasteiger partial charge in [-0.25, -0.2) is 0 Å². The Balaban J connectivity index is 1.14. The number of para-hydroxylation sites is 2. The van der Waals surface area contributed by atoms with Crippen LogP contribution in [0.15, 0.2) is 176 Å². The van der Waals surface area contributed by atoms with Crippen molar-refractivity contribution in [2.75, 3.05) is 24.2 Å². The SMILES string of the molecule is CNc1c(-c2ccccc2NC/C(=C\C=C/N)c2ccc(-c3ccc(-c4ccccc4)cc3)cc2)ccc2c1ccn2-c1ccccc1. The van der Waals surface area contributed by atoms with E-state index in [1.165, 1.54) is 27.6 Å². The van der Waals surface area contributed by atoms with Gasteiger partial charge in [0.15, 0.2) is 0 Å². The third kappa shape index (κ3) is 6.24. The van der Waals surface area contributed by atoms with Crippen LogP contribution in [-0.4, -0.2) is 18.2 Å². The first kappa shape index (κ1) is 30.4. The molecule has 0 spiro atoms. The number of nitrogens with zero attached hydrogens (tertiary/aromatic N) is 1. The van der Waals surface area contributed by atoms with Crippen LogP contribution in [0.3, 0.4) is 0 Å². The van der Waals surface area contributed by atoms with Crippen molar-refractivity contribution in [2.45, 2.75) is 0 Å². The van der Waals surface area contributed by atoms with Gasteiger partial charge < -0.3 is 20.9 Å². The van der Waals surface area contributed by atoms with E-state index < -0.39 is 0 Å². The zero-order valence-electron chi connectivity index (χ0n) is 27.0. The van der Waals surface area contributed by atoms with Crippen LogP contribution in [0.4, 0.5) is 11.4 Å². The van der Waals surface area contributed by atoms with Crippen LogP contribution in [0.5, 0.6) is 0 Å². The van der Waals surface area contributed by atoms with E-state index in [1.807, 2.05) is 25.3 Å². The van der Waals surface area contributed by atoms with Gasteiger partial charge in [0.05, 0.1) is 11.2 Å². The largest absolute Gasteiger partial charge is 0.405 e. The minimum absolute atomic E-state index is 0.633. The van der Waals surface area contributed by atoms with E-state index in [-0.39, 0.29) is 0 Å². The number of benzene rings is 6. The number of rotatable bonds is 10. The summed E-state index contributed by atoms with van der Waals surface area (Å²) in [6.07, 6.45) is 7.69. The van der Waals surface area contributed by atoms with Gasteiger partial charge in [-0.3, -0.25) is 0 Å². The molecule has 0 radical (unpaired) electrons. The lowest BCUT2D eigenvalue weighted by molar-refractivity contribution is 1.13. The molecule has 7 aromatic rings. The molecule has 0 aliphatic heterocycles. The molecule has 1 aromatic heterocycles. The Morgan fingerprint density at radius 3 is 1.90 bits per heavy atom. The van der Waals surface area contributed by atoms with Gasteiger partial charge in [-0.15, -0.1) is 0 Å². The normalized spacial score (nSPS) is 11.6. The molecule has 4 N–H and O–H groups in total. The summed E-state index contributed by atoms with van der Waals surface area (Å²) in [4.78, 5) is 0. The van der Waals surface area contributed by atoms with Gasteiger partial charge in [0.2, 0.25) is 0 Å². The topological polar surface area (TPSA) is 55.0 Å². The maximum absolute atomic E-state index is 5.78. The summed E-state index contributed by atoms with van der Waals surface area (Å²) < 4.78 is 2.23. The molecular weight excluding hydrogens is 585 g/mol. The first-order valence-electron chi connectivity index (χ1n) is 16.3. The van der Waals surface area contributed by atoms with Gasteiger partial charge in [-0.1, -0.05) is 127 Å². The van der Waals surface area contributed by atoms with Gasteiger partial charge in [0.1, 0.15) is 0 Å². The molecule has 7 rings (SSSR count). The number of nitrogens with one attached hydrogen (secondary N) is 2. The lowest BCUT2D eigenvalue weighted by atomic mass is 9.97. The maximum atomic E-state index is 5.78. The highest BCUT2D eigenvalue weighted by Crippen LogP contribution is 2.39. The second-order valence-electron chi connectivity index (χ2n) is 11.7. The Bertz CT molecular complexity index is 2190. The average Bonchev–Trinajstić information content (AvgIpc) is 3.60. The first-order chi connectivity index (χ1) is 23.7. The van der Waals surface area contributed by atoms with E-state index in [0.29, 0.717) is 6.54 Å². The molecular formula is C44H38N4. The summed E-state index contributed by atoms with van der Waals surface area (Å²) in [6.45, 7) is 0.633. The van der Waals surface area contributed by atoms with Gasteiger partial charge >= 0.3 is 0 Å². The first-order valence-corrected chi connectivity index (χ1v) is 16.3. The number of allylic oxidation sites excluding steroid dienone is 2.